The van der Waals surface area contributed by atoms with E-state index in [-0.39, 0.29) is 30.2 Å². The Hall–Kier alpha value is -2.34. The van der Waals surface area contributed by atoms with Gasteiger partial charge in [-0.25, -0.2) is 9.11 Å². The Morgan fingerprint density at radius 3 is 2.66 bits per heavy atom. The van der Waals surface area contributed by atoms with E-state index in [1.807, 2.05) is 4.72 Å². The van der Waals surface area contributed by atoms with Gasteiger partial charge in [-0.1, -0.05) is 12.1 Å². The minimum absolute atomic E-state index is 0.0208. The molecular weight excluding hydrogens is 421 g/mol. The number of ether oxygens (including phenoxy) is 1. The van der Waals surface area contributed by atoms with E-state index in [1.165, 1.54) is 48.1 Å². The van der Waals surface area contributed by atoms with Crippen molar-refractivity contribution in [3.63, 3.8) is 0 Å². The molecule has 0 spiro atoms. The van der Waals surface area contributed by atoms with Crippen molar-refractivity contribution >= 4 is 33.4 Å². The number of nitrogens with zero attached hydrogens (tertiary/aromatic N) is 1. The molecule has 1 saturated heterocycles. The van der Waals surface area contributed by atoms with E-state index in [0.717, 1.165) is 10.4 Å². The number of benzene rings is 1. The van der Waals surface area contributed by atoms with Gasteiger partial charge >= 0.3 is 10.2 Å². The van der Waals surface area contributed by atoms with E-state index >= 15 is 0 Å². The lowest BCUT2D eigenvalue weighted by molar-refractivity contribution is 0.0292. The topological polar surface area (TPSA) is 105 Å². The Morgan fingerprint density at radius 2 is 2.00 bits per heavy atom. The van der Waals surface area contributed by atoms with Gasteiger partial charge in [0.2, 0.25) is 0 Å². The first-order valence-electron chi connectivity index (χ1n) is 8.76. The monoisotopic (exact) mass is 441 g/mol. The summed E-state index contributed by atoms with van der Waals surface area (Å²) in [6, 6.07) is 6.91. The maximum Gasteiger partial charge on any atom is 0.305 e. The number of carbonyl (C=O) groups excluding carboxylic acids is 2. The highest BCUT2D eigenvalue weighted by Crippen LogP contribution is 2.22. The molecule has 11 heteroatoms. The molecule has 1 aliphatic rings. The summed E-state index contributed by atoms with van der Waals surface area (Å²) in [5.41, 5.74) is 0.0176. The molecule has 1 aliphatic heterocycles. The Bertz CT molecular complexity index is 981. The van der Waals surface area contributed by atoms with Gasteiger partial charge in [0.1, 0.15) is 12.0 Å². The molecular formula is C18H20FN3O5S2. The SMILES string of the molecule is COC1CCN(S(=O)(=O)NC(=O)c2ccsc2)C(NC(=O)c2ccccc2F)C1. The third kappa shape index (κ3) is 4.99. The maximum atomic E-state index is 13.9. The van der Waals surface area contributed by atoms with E-state index in [0.29, 0.717) is 6.42 Å². The number of nitrogens with one attached hydrogen (secondary N) is 2. The van der Waals surface area contributed by atoms with Crippen LogP contribution in [0.1, 0.15) is 33.6 Å². The molecule has 0 saturated carbocycles. The summed E-state index contributed by atoms with van der Waals surface area (Å²) in [5.74, 6) is -2.24. The second-order valence-corrected chi connectivity index (χ2v) is 8.81. The zero-order valence-electron chi connectivity index (χ0n) is 15.5. The molecule has 2 heterocycles. The number of rotatable bonds is 6. The summed E-state index contributed by atoms with van der Waals surface area (Å²) in [4.78, 5) is 24.7. The minimum Gasteiger partial charge on any atom is -0.381 e. The summed E-state index contributed by atoms with van der Waals surface area (Å²) < 4.78 is 47.9. The summed E-state index contributed by atoms with van der Waals surface area (Å²) in [5, 5.41) is 5.73. The number of piperidine rings is 1. The number of hydrogen-bond donors (Lipinski definition) is 2. The smallest absolute Gasteiger partial charge is 0.305 e. The van der Waals surface area contributed by atoms with E-state index in [4.69, 9.17) is 4.74 Å². The molecule has 0 aliphatic carbocycles. The number of methoxy groups -OCH3 is 1. The van der Waals surface area contributed by atoms with Crippen LogP contribution in [0.5, 0.6) is 0 Å². The molecule has 29 heavy (non-hydrogen) atoms. The van der Waals surface area contributed by atoms with Gasteiger partial charge in [-0.15, -0.1) is 0 Å². The first kappa shape index (κ1) is 21.4. The van der Waals surface area contributed by atoms with Crippen molar-refractivity contribution in [1.29, 1.82) is 0 Å². The molecule has 1 aromatic heterocycles. The molecule has 2 aromatic rings. The number of carbonyl (C=O) groups is 2. The number of halogens is 1. The second-order valence-electron chi connectivity index (χ2n) is 6.41. The molecule has 3 rings (SSSR count). The average molecular weight is 442 g/mol. The van der Waals surface area contributed by atoms with Gasteiger partial charge in [0.25, 0.3) is 11.8 Å². The van der Waals surface area contributed by atoms with Crippen molar-refractivity contribution in [2.45, 2.75) is 25.1 Å². The average Bonchev–Trinajstić information content (AvgIpc) is 3.22. The highest BCUT2D eigenvalue weighted by molar-refractivity contribution is 7.87. The molecule has 2 N–H and O–H groups in total. The van der Waals surface area contributed by atoms with Gasteiger partial charge in [0, 0.05) is 25.5 Å². The van der Waals surface area contributed by atoms with Gasteiger partial charge in [-0.2, -0.15) is 24.1 Å². The van der Waals surface area contributed by atoms with Crippen LogP contribution >= 0.6 is 11.3 Å². The van der Waals surface area contributed by atoms with Gasteiger partial charge in [-0.05, 0) is 30.0 Å². The molecule has 2 amide bonds. The third-order valence-corrected chi connectivity index (χ3v) is 6.75. The quantitative estimate of drug-likeness (QED) is 0.710. The fourth-order valence-electron chi connectivity index (χ4n) is 3.05. The highest BCUT2D eigenvalue weighted by atomic mass is 32.2. The summed E-state index contributed by atoms with van der Waals surface area (Å²) in [6.45, 7) is 0.0208. The Kier molecular flexibility index (Phi) is 6.63. The number of hydrogen-bond acceptors (Lipinski definition) is 6. The number of amides is 2. The van der Waals surface area contributed by atoms with E-state index in [2.05, 4.69) is 5.32 Å². The summed E-state index contributed by atoms with van der Waals surface area (Å²) in [6.07, 6.45) is -0.756. The van der Waals surface area contributed by atoms with Crippen LogP contribution in [0.25, 0.3) is 0 Å². The van der Waals surface area contributed by atoms with Crippen LogP contribution in [0.15, 0.2) is 41.1 Å². The van der Waals surface area contributed by atoms with Crippen LogP contribution in [0.3, 0.4) is 0 Å². The Labute approximate surface area is 171 Å². The van der Waals surface area contributed by atoms with Crippen molar-refractivity contribution in [1.82, 2.24) is 14.3 Å². The Morgan fingerprint density at radius 1 is 1.24 bits per heavy atom. The second kappa shape index (κ2) is 8.99. The largest absolute Gasteiger partial charge is 0.381 e. The van der Waals surface area contributed by atoms with Crippen molar-refractivity contribution in [3.05, 3.63) is 58.0 Å². The van der Waals surface area contributed by atoms with Crippen molar-refractivity contribution in [3.8, 4) is 0 Å². The lowest BCUT2D eigenvalue weighted by Crippen LogP contribution is -2.59. The predicted molar refractivity (Wildman–Crippen MR) is 105 cm³/mol. The van der Waals surface area contributed by atoms with E-state index < -0.39 is 34.0 Å². The molecule has 0 bridgehead atoms. The fourth-order valence-corrected chi connectivity index (χ4v) is 4.97. The van der Waals surface area contributed by atoms with Crippen molar-refractivity contribution < 1.29 is 27.1 Å². The van der Waals surface area contributed by atoms with Crippen LogP contribution in [-0.2, 0) is 14.9 Å². The van der Waals surface area contributed by atoms with Crippen molar-refractivity contribution in [2.24, 2.45) is 0 Å². The molecule has 1 aromatic carbocycles. The fraction of sp³-hybridized carbons (Fsp3) is 0.333. The summed E-state index contributed by atoms with van der Waals surface area (Å²) >= 11 is 1.26. The van der Waals surface area contributed by atoms with Crippen LogP contribution in [0.4, 0.5) is 4.39 Å². The van der Waals surface area contributed by atoms with Gasteiger partial charge < -0.3 is 10.1 Å². The van der Waals surface area contributed by atoms with Gasteiger partial charge in [-0.3, -0.25) is 9.59 Å². The first-order valence-corrected chi connectivity index (χ1v) is 11.1. The van der Waals surface area contributed by atoms with E-state index in [9.17, 15) is 22.4 Å². The highest BCUT2D eigenvalue weighted by Gasteiger charge is 2.38. The standard InChI is InChI=1S/C18H20FN3O5S2/c1-27-13-6-8-22(29(25,26)21-17(23)12-7-9-28-11-12)16(10-13)20-18(24)14-4-2-3-5-15(14)19/h2-5,7,9,11,13,16H,6,8,10H2,1H3,(H,20,24)(H,21,23). The molecule has 156 valence electrons. The maximum absolute atomic E-state index is 13.9. The van der Waals surface area contributed by atoms with Gasteiger partial charge in [0.05, 0.1) is 17.2 Å². The Balaban J connectivity index is 1.80. The van der Waals surface area contributed by atoms with Crippen LogP contribution in [0.2, 0.25) is 0 Å². The normalized spacial score (nSPS) is 20.2. The molecule has 1 fully saturated rings. The first-order chi connectivity index (χ1) is 13.8. The predicted octanol–water partition coefficient (Wildman–Crippen LogP) is 1.73. The molecule has 2 unspecified atom stereocenters. The molecule has 8 nitrogen and oxygen atoms in total. The molecule has 2 atom stereocenters. The summed E-state index contributed by atoms with van der Waals surface area (Å²) in [7, 11) is -2.76. The van der Waals surface area contributed by atoms with Crippen LogP contribution in [0, 0.1) is 5.82 Å². The van der Waals surface area contributed by atoms with Crippen molar-refractivity contribution in [2.75, 3.05) is 13.7 Å². The number of thiophene rings is 1. The van der Waals surface area contributed by atoms with E-state index in [1.54, 1.807) is 5.38 Å². The zero-order valence-corrected chi connectivity index (χ0v) is 17.1. The third-order valence-electron chi connectivity index (χ3n) is 4.57. The zero-order chi connectivity index (χ0) is 21.0. The lowest BCUT2D eigenvalue weighted by atomic mass is 10.1. The minimum atomic E-state index is -4.25. The van der Waals surface area contributed by atoms with Gasteiger partial charge in [0.15, 0.2) is 0 Å². The lowest BCUT2D eigenvalue weighted by Gasteiger charge is -2.37. The molecule has 0 radical (unpaired) electrons. The van der Waals surface area contributed by atoms with Crippen LogP contribution in [-0.4, -0.2) is 50.5 Å². The van der Waals surface area contributed by atoms with Crippen LogP contribution < -0.4 is 10.0 Å².